The van der Waals surface area contributed by atoms with Crippen molar-refractivity contribution in [2.45, 2.75) is 25.6 Å². The van der Waals surface area contributed by atoms with E-state index in [9.17, 15) is 35.9 Å². The molecule has 4 aromatic rings. The summed E-state index contributed by atoms with van der Waals surface area (Å²) in [5.41, 5.74) is 0.0249. The number of hydrogen-bond donors (Lipinski definition) is 1. The van der Waals surface area contributed by atoms with Crippen LogP contribution in [0.5, 0.6) is 11.8 Å². The van der Waals surface area contributed by atoms with E-state index < -0.39 is 35.4 Å². The minimum Gasteiger partial charge on any atom is -0.478 e. The van der Waals surface area contributed by atoms with Gasteiger partial charge in [0.2, 0.25) is 11.8 Å². The zero-order valence-corrected chi connectivity index (χ0v) is 22.1. The van der Waals surface area contributed by atoms with Crippen LogP contribution in [0.1, 0.15) is 43.0 Å². The average Bonchev–Trinajstić information content (AvgIpc) is 2.98. The second kappa shape index (κ2) is 14.2. The number of methoxy groups -OCH3 is 1. The Labute approximate surface area is 240 Å². The van der Waals surface area contributed by atoms with Crippen LogP contribution >= 0.6 is 0 Å². The first-order valence-electron chi connectivity index (χ1n) is 12.1. The van der Waals surface area contributed by atoms with Crippen LogP contribution in [0.2, 0.25) is 0 Å². The summed E-state index contributed by atoms with van der Waals surface area (Å²) < 4.78 is 89.4. The third kappa shape index (κ3) is 10.0. The topological polar surface area (TPSA) is 108 Å². The van der Waals surface area contributed by atoms with Crippen LogP contribution in [0, 0.1) is 0 Å². The number of halogens is 6. The van der Waals surface area contributed by atoms with Gasteiger partial charge in [-0.15, -0.1) is 0 Å². The molecule has 0 saturated heterocycles. The summed E-state index contributed by atoms with van der Waals surface area (Å²) >= 11 is 0. The van der Waals surface area contributed by atoms with Gasteiger partial charge < -0.3 is 19.3 Å². The number of hydrogen-bond acceptors (Lipinski definition) is 7. The van der Waals surface area contributed by atoms with Gasteiger partial charge in [-0.3, -0.25) is 0 Å². The Kier molecular flexibility index (Phi) is 10.7. The lowest BCUT2D eigenvalue weighted by Crippen LogP contribution is -2.06. The minimum absolute atomic E-state index is 0.0134. The Bertz CT molecular complexity index is 1520. The van der Waals surface area contributed by atoms with Crippen molar-refractivity contribution in [2.24, 2.45) is 0 Å². The van der Waals surface area contributed by atoms with E-state index in [1.165, 1.54) is 19.2 Å². The summed E-state index contributed by atoms with van der Waals surface area (Å²) in [6, 6.07) is 16.6. The van der Waals surface area contributed by atoms with Crippen LogP contribution in [-0.4, -0.2) is 34.1 Å². The summed E-state index contributed by atoms with van der Waals surface area (Å²) in [4.78, 5) is 29.3. The molecule has 2 aromatic heterocycles. The maximum Gasteiger partial charge on any atom is 0.417 e. The lowest BCUT2D eigenvalue weighted by atomic mass is 10.1. The summed E-state index contributed by atoms with van der Waals surface area (Å²) in [7, 11) is 1.28. The van der Waals surface area contributed by atoms with E-state index in [1.54, 1.807) is 36.4 Å². The van der Waals surface area contributed by atoms with E-state index in [4.69, 9.17) is 14.6 Å². The number of carboxylic acids is 1. The van der Waals surface area contributed by atoms with Gasteiger partial charge in [-0.1, -0.05) is 24.3 Å². The number of ether oxygens (including phenoxy) is 3. The standard InChI is InChI=1S/C15H12F3NO3.C14H10F3NO3/c1-21-14(20)11-4-2-3-10(7-11)9-22-13-6-5-12(8-19-13)15(16,17)18;15-14(16,17)11-4-5-12(18-7-11)21-8-9-2-1-3-10(6-9)13(19)20/h2-8H,9H2,1H3;1-7H,8H2,(H,19,20). The highest BCUT2D eigenvalue weighted by Crippen LogP contribution is 2.30. The number of carbonyl (C=O) groups is 2. The molecule has 0 fully saturated rings. The number of rotatable bonds is 8. The summed E-state index contributed by atoms with van der Waals surface area (Å²) in [5.74, 6) is -1.45. The number of pyridine rings is 2. The van der Waals surface area contributed by atoms with Crippen LogP contribution in [-0.2, 0) is 30.3 Å². The number of alkyl halides is 6. The average molecular weight is 608 g/mol. The fourth-order valence-corrected chi connectivity index (χ4v) is 3.28. The maximum atomic E-state index is 12.4. The van der Waals surface area contributed by atoms with Crippen molar-refractivity contribution in [3.8, 4) is 11.8 Å². The molecule has 2 aromatic carbocycles. The van der Waals surface area contributed by atoms with E-state index in [0.717, 1.165) is 24.3 Å². The Morgan fingerprint density at radius 2 is 1.14 bits per heavy atom. The molecule has 0 bridgehead atoms. The van der Waals surface area contributed by atoms with E-state index in [1.807, 2.05) is 0 Å². The highest BCUT2D eigenvalue weighted by Gasteiger charge is 2.31. The molecular formula is C29H22F6N2O6. The van der Waals surface area contributed by atoms with E-state index in [0.29, 0.717) is 29.1 Å². The molecule has 0 unspecified atom stereocenters. The molecule has 0 aliphatic rings. The van der Waals surface area contributed by atoms with Crippen molar-refractivity contribution < 1.29 is 55.2 Å². The van der Waals surface area contributed by atoms with Crippen molar-refractivity contribution in [1.82, 2.24) is 9.97 Å². The van der Waals surface area contributed by atoms with Gasteiger partial charge in [-0.05, 0) is 47.5 Å². The summed E-state index contributed by atoms with van der Waals surface area (Å²) in [6.45, 7) is 0.0860. The zero-order chi connectivity index (χ0) is 31.6. The fourth-order valence-electron chi connectivity index (χ4n) is 3.28. The molecule has 226 valence electrons. The number of nitrogens with zero attached hydrogens (tertiary/aromatic N) is 2. The van der Waals surface area contributed by atoms with Crippen LogP contribution in [0.15, 0.2) is 85.2 Å². The first kappa shape index (κ1) is 32.4. The van der Waals surface area contributed by atoms with E-state index >= 15 is 0 Å². The Morgan fingerprint density at radius 3 is 1.51 bits per heavy atom. The molecule has 4 rings (SSSR count). The molecule has 0 aliphatic carbocycles. The molecular weight excluding hydrogens is 586 g/mol. The van der Waals surface area contributed by atoms with Gasteiger partial charge in [-0.2, -0.15) is 26.3 Å². The van der Waals surface area contributed by atoms with Crippen molar-refractivity contribution in [3.63, 3.8) is 0 Å². The van der Waals surface area contributed by atoms with Gasteiger partial charge >= 0.3 is 24.3 Å². The maximum absolute atomic E-state index is 12.4. The molecule has 0 radical (unpaired) electrons. The number of aromatic carboxylic acids is 1. The first-order valence-corrected chi connectivity index (χ1v) is 12.1. The van der Waals surface area contributed by atoms with Gasteiger partial charge in [0.1, 0.15) is 13.2 Å². The van der Waals surface area contributed by atoms with Crippen molar-refractivity contribution in [1.29, 1.82) is 0 Å². The summed E-state index contributed by atoms with van der Waals surface area (Å²) in [6.07, 6.45) is -7.48. The molecule has 0 atom stereocenters. The van der Waals surface area contributed by atoms with Crippen LogP contribution in [0.25, 0.3) is 0 Å². The van der Waals surface area contributed by atoms with E-state index in [-0.39, 0.29) is 30.5 Å². The molecule has 0 saturated carbocycles. The smallest absolute Gasteiger partial charge is 0.417 e. The van der Waals surface area contributed by atoms with Gasteiger partial charge in [0.15, 0.2) is 0 Å². The quantitative estimate of drug-likeness (QED) is 0.171. The number of benzene rings is 2. The van der Waals surface area contributed by atoms with Crippen molar-refractivity contribution in [3.05, 3.63) is 119 Å². The molecule has 14 heteroatoms. The monoisotopic (exact) mass is 608 g/mol. The predicted molar refractivity (Wildman–Crippen MR) is 138 cm³/mol. The van der Waals surface area contributed by atoms with Crippen molar-refractivity contribution in [2.75, 3.05) is 7.11 Å². The van der Waals surface area contributed by atoms with E-state index in [2.05, 4.69) is 14.7 Å². The molecule has 0 spiro atoms. The summed E-state index contributed by atoms with van der Waals surface area (Å²) in [5, 5.41) is 8.84. The molecule has 8 nitrogen and oxygen atoms in total. The van der Waals surface area contributed by atoms with Gasteiger partial charge in [0, 0.05) is 24.5 Å². The largest absolute Gasteiger partial charge is 0.478 e. The number of esters is 1. The highest BCUT2D eigenvalue weighted by molar-refractivity contribution is 5.89. The second-order valence-corrected chi connectivity index (χ2v) is 8.54. The normalized spacial score (nSPS) is 11.1. The third-order valence-electron chi connectivity index (χ3n) is 5.42. The third-order valence-corrected chi connectivity index (χ3v) is 5.42. The number of carboxylic acid groups (broad SMARTS) is 1. The Morgan fingerprint density at radius 1 is 0.698 bits per heavy atom. The minimum atomic E-state index is -4.44. The van der Waals surface area contributed by atoms with Gasteiger partial charge in [0.05, 0.1) is 29.4 Å². The molecule has 43 heavy (non-hydrogen) atoms. The number of aromatic nitrogens is 2. The fraction of sp³-hybridized carbons (Fsp3) is 0.172. The van der Waals surface area contributed by atoms with Crippen LogP contribution in [0.4, 0.5) is 26.3 Å². The SMILES string of the molecule is COC(=O)c1cccc(COc2ccc(C(F)(F)F)cn2)c1.O=C(O)c1cccc(COc2ccc(C(F)(F)F)cn2)c1. The second-order valence-electron chi connectivity index (χ2n) is 8.54. The predicted octanol–water partition coefficient (Wildman–Crippen LogP) is 6.84. The number of carbonyl (C=O) groups excluding carboxylic acids is 1. The lowest BCUT2D eigenvalue weighted by Gasteiger charge is -2.09. The van der Waals surface area contributed by atoms with Crippen molar-refractivity contribution >= 4 is 11.9 Å². The van der Waals surface area contributed by atoms with Gasteiger partial charge in [-0.25, -0.2) is 19.6 Å². The molecule has 1 N–H and O–H groups in total. The molecule has 2 heterocycles. The Balaban J connectivity index is 0.000000236. The van der Waals surface area contributed by atoms with Crippen LogP contribution in [0.3, 0.4) is 0 Å². The molecule has 0 aliphatic heterocycles. The van der Waals surface area contributed by atoms with Gasteiger partial charge in [0.25, 0.3) is 0 Å². The van der Waals surface area contributed by atoms with Crippen LogP contribution < -0.4 is 9.47 Å². The zero-order valence-electron chi connectivity index (χ0n) is 22.1. The molecule has 0 amide bonds. The highest BCUT2D eigenvalue weighted by atomic mass is 19.4. The lowest BCUT2D eigenvalue weighted by molar-refractivity contribution is -0.138. The first-order chi connectivity index (χ1) is 20.3. The Hall–Kier alpha value is -5.14.